The van der Waals surface area contributed by atoms with Crippen molar-refractivity contribution in [2.24, 2.45) is 0 Å². The molecule has 0 saturated heterocycles. The number of thioether (sulfide) groups is 1. The molecule has 0 saturated carbocycles. The Labute approximate surface area is 122 Å². The number of halogens is 2. The molecule has 3 heteroatoms. The Morgan fingerprint density at radius 3 is 2.39 bits per heavy atom. The van der Waals surface area contributed by atoms with Gasteiger partial charge < -0.3 is 0 Å². The predicted octanol–water partition coefficient (Wildman–Crippen LogP) is 5.68. The van der Waals surface area contributed by atoms with Gasteiger partial charge in [0.05, 0.1) is 0 Å². The summed E-state index contributed by atoms with van der Waals surface area (Å²) in [5.74, 6) is 1.45. The lowest BCUT2D eigenvalue weighted by atomic mass is 10.2. The summed E-state index contributed by atoms with van der Waals surface area (Å²) in [6, 6.07) is 14.5. The van der Waals surface area contributed by atoms with Gasteiger partial charge in [0.25, 0.3) is 0 Å². The van der Waals surface area contributed by atoms with Crippen LogP contribution in [-0.4, -0.2) is 0 Å². The van der Waals surface area contributed by atoms with Crippen LogP contribution >= 0.6 is 35.0 Å². The second-order valence-electron chi connectivity index (χ2n) is 4.16. The molecule has 0 fully saturated rings. The molecule has 0 N–H and O–H groups in total. The third-order valence-electron chi connectivity index (χ3n) is 2.68. The molecular weight excluding hydrogens is 283 g/mol. The Kier molecular flexibility index (Phi) is 4.99. The molecule has 94 valence electrons. The van der Waals surface area contributed by atoms with Crippen molar-refractivity contribution in [1.29, 1.82) is 0 Å². The summed E-state index contributed by atoms with van der Waals surface area (Å²) in [6.45, 7) is 2.05. The Morgan fingerprint density at radius 2 is 1.78 bits per heavy atom. The van der Waals surface area contributed by atoms with Crippen LogP contribution in [0.1, 0.15) is 16.7 Å². The first kappa shape index (κ1) is 13.8. The van der Waals surface area contributed by atoms with Crippen molar-refractivity contribution < 1.29 is 0 Å². The van der Waals surface area contributed by atoms with Crippen LogP contribution in [0, 0.1) is 6.92 Å². The zero-order chi connectivity index (χ0) is 13.0. The minimum absolute atomic E-state index is 0.564. The average Bonchev–Trinajstić information content (AvgIpc) is 2.38. The summed E-state index contributed by atoms with van der Waals surface area (Å²) in [5.41, 5.74) is 3.52. The van der Waals surface area contributed by atoms with Gasteiger partial charge in [-0.05, 0) is 41.8 Å². The maximum Gasteiger partial charge on any atom is 0.0474 e. The van der Waals surface area contributed by atoms with E-state index < -0.39 is 0 Å². The number of hydrogen-bond donors (Lipinski definition) is 0. The largest absolute Gasteiger partial charge is 0.122 e. The highest BCUT2D eigenvalue weighted by Crippen LogP contribution is 2.27. The van der Waals surface area contributed by atoms with Crippen molar-refractivity contribution in [3.05, 3.63) is 64.2 Å². The van der Waals surface area contributed by atoms with Gasteiger partial charge in [-0.15, -0.1) is 23.4 Å². The molecule has 2 rings (SSSR count). The molecule has 2 aromatic rings. The fraction of sp³-hybridized carbons (Fsp3) is 0.200. The summed E-state index contributed by atoms with van der Waals surface area (Å²) < 4.78 is 0. The van der Waals surface area contributed by atoms with Crippen LogP contribution in [0.3, 0.4) is 0 Å². The second-order valence-corrected chi connectivity index (χ2v) is 5.88. The quantitative estimate of drug-likeness (QED) is 0.517. The maximum atomic E-state index is 6.21. The van der Waals surface area contributed by atoms with Crippen LogP contribution in [-0.2, 0) is 11.6 Å². The highest BCUT2D eigenvalue weighted by atomic mass is 35.5. The summed E-state index contributed by atoms with van der Waals surface area (Å²) in [6.07, 6.45) is 0. The Hall–Kier alpha value is -0.630. The fourth-order valence-electron chi connectivity index (χ4n) is 1.61. The van der Waals surface area contributed by atoms with E-state index in [1.54, 1.807) is 11.8 Å². The van der Waals surface area contributed by atoms with E-state index in [1.165, 1.54) is 16.0 Å². The van der Waals surface area contributed by atoms with Crippen LogP contribution in [0.5, 0.6) is 0 Å². The third-order valence-corrected chi connectivity index (χ3v) is 4.40. The summed E-state index contributed by atoms with van der Waals surface area (Å²) in [7, 11) is 0. The van der Waals surface area contributed by atoms with E-state index in [4.69, 9.17) is 23.2 Å². The van der Waals surface area contributed by atoms with Gasteiger partial charge in [0.15, 0.2) is 0 Å². The molecule has 18 heavy (non-hydrogen) atoms. The molecule has 0 heterocycles. The highest BCUT2D eigenvalue weighted by molar-refractivity contribution is 7.98. The molecule has 0 nitrogen and oxygen atoms in total. The van der Waals surface area contributed by atoms with E-state index >= 15 is 0 Å². The van der Waals surface area contributed by atoms with Crippen LogP contribution in [0.15, 0.2) is 47.4 Å². The van der Waals surface area contributed by atoms with Gasteiger partial charge in [0.1, 0.15) is 0 Å². The van der Waals surface area contributed by atoms with Crippen LogP contribution in [0.2, 0.25) is 5.02 Å². The Morgan fingerprint density at radius 1 is 1.06 bits per heavy atom. The van der Waals surface area contributed by atoms with Gasteiger partial charge in [-0.2, -0.15) is 0 Å². The van der Waals surface area contributed by atoms with Crippen molar-refractivity contribution >= 4 is 35.0 Å². The van der Waals surface area contributed by atoms with Gasteiger partial charge in [-0.1, -0.05) is 35.9 Å². The minimum atomic E-state index is 0.564. The molecule has 0 radical (unpaired) electrons. The summed E-state index contributed by atoms with van der Waals surface area (Å²) >= 11 is 13.8. The van der Waals surface area contributed by atoms with E-state index in [0.29, 0.717) is 5.88 Å². The van der Waals surface area contributed by atoms with Gasteiger partial charge >= 0.3 is 0 Å². The Bertz CT molecular complexity index is 521. The molecule has 0 spiro atoms. The van der Waals surface area contributed by atoms with Crippen molar-refractivity contribution in [3.63, 3.8) is 0 Å². The maximum absolute atomic E-state index is 6.21. The standard InChI is InChI=1S/C15H14Cl2S/c1-11-2-5-13(15(17)8-11)10-18-14-6-3-12(9-16)4-7-14/h2-8H,9-10H2,1H3. The zero-order valence-electron chi connectivity index (χ0n) is 10.1. The molecular formula is C15H14Cl2S. The zero-order valence-corrected chi connectivity index (χ0v) is 12.4. The van der Waals surface area contributed by atoms with Crippen LogP contribution in [0.4, 0.5) is 0 Å². The van der Waals surface area contributed by atoms with Crippen molar-refractivity contribution in [1.82, 2.24) is 0 Å². The van der Waals surface area contributed by atoms with E-state index in [-0.39, 0.29) is 0 Å². The first-order chi connectivity index (χ1) is 8.69. The molecule has 0 aromatic heterocycles. The van der Waals surface area contributed by atoms with E-state index in [0.717, 1.165) is 16.3 Å². The molecule has 0 unspecified atom stereocenters. The van der Waals surface area contributed by atoms with E-state index in [9.17, 15) is 0 Å². The molecule has 0 aliphatic heterocycles. The number of aryl methyl sites for hydroxylation is 1. The molecule has 2 aromatic carbocycles. The lowest BCUT2D eigenvalue weighted by Gasteiger charge is -2.06. The lowest BCUT2D eigenvalue weighted by Crippen LogP contribution is -1.84. The van der Waals surface area contributed by atoms with Crippen molar-refractivity contribution in [3.8, 4) is 0 Å². The molecule has 0 aliphatic rings. The fourth-order valence-corrected chi connectivity index (χ4v) is 3.07. The molecule has 0 bridgehead atoms. The normalized spacial score (nSPS) is 10.6. The second kappa shape index (κ2) is 6.51. The molecule has 0 aliphatic carbocycles. The SMILES string of the molecule is Cc1ccc(CSc2ccc(CCl)cc2)c(Cl)c1. The summed E-state index contributed by atoms with van der Waals surface area (Å²) in [4.78, 5) is 1.24. The van der Waals surface area contributed by atoms with E-state index in [1.807, 2.05) is 13.0 Å². The number of benzene rings is 2. The van der Waals surface area contributed by atoms with Crippen molar-refractivity contribution in [2.75, 3.05) is 0 Å². The molecule has 0 amide bonds. The average molecular weight is 297 g/mol. The lowest BCUT2D eigenvalue weighted by molar-refractivity contribution is 1.32. The van der Waals surface area contributed by atoms with Crippen molar-refractivity contribution in [2.45, 2.75) is 23.5 Å². The Balaban J connectivity index is 2.02. The summed E-state index contributed by atoms with van der Waals surface area (Å²) in [5, 5.41) is 0.847. The van der Waals surface area contributed by atoms with Gasteiger partial charge in [0, 0.05) is 21.6 Å². The minimum Gasteiger partial charge on any atom is -0.122 e. The first-order valence-electron chi connectivity index (χ1n) is 5.72. The van der Waals surface area contributed by atoms with E-state index in [2.05, 4.69) is 36.4 Å². The predicted molar refractivity (Wildman–Crippen MR) is 81.7 cm³/mol. The number of hydrogen-bond acceptors (Lipinski definition) is 1. The topological polar surface area (TPSA) is 0 Å². The number of alkyl halides is 1. The first-order valence-corrected chi connectivity index (χ1v) is 7.61. The van der Waals surface area contributed by atoms with Gasteiger partial charge in [0.2, 0.25) is 0 Å². The monoisotopic (exact) mass is 296 g/mol. The number of rotatable bonds is 4. The van der Waals surface area contributed by atoms with Gasteiger partial charge in [-0.3, -0.25) is 0 Å². The van der Waals surface area contributed by atoms with Crippen LogP contribution in [0.25, 0.3) is 0 Å². The van der Waals surface area contributed by atoms with Gasteiger partial charge in [-0.25, -0.2) is 0 Å². The van der Waals surface area contributed by atoms with Crippen LogP contribution < -0.4 is 0 Å². The molecule has 0 atom stereocenters. The third kappa shape index (κ3) is 3.68. The smallest absolute Gasteiger partial charge is 0.0474 e. The highest BCUT2D eigenvalue weighted by Gasteiger charge is 2.02.